The van der Waals surface area contributed by atoms with Gasteiger partial charge in [-0.05, 0) is 17.7 Å². The Kier molecular flexibility index (Phi) is 9.19. The second kappa shape index (κ2) is 10.3. The molecule has 0 spiro atoms. The topological polar surface area (TPSA) is 133 Å². The van der Waals surface area contributed by atoms with Crippen molar-refractivity contribution >= 4 is 11.9 Å². The molecule has 22 heavy (non-hydrogen) atoms. The summed E-state index contributed by atoms with van der Waals surface area (Å²) in [7, 11) is 3.31. The van der Waals surface area contributed by atoms with Crippen LogP contribution in [0.3, 0.4) is 0 Å². The lowest BCUT2D eigenvalue weighted by Gasteiger charge is -2.16. The van der Waals surface area contributed by atoms with Gasteiger partial charge in [-0.15, -0.1) is 0 Å². The van der Waals surface area contributed by atoms with E-state index in [9.17, 15) is 14.7 Å². The summed E-state index contributed by atoms with van der Waals surface area (Å²) in [5.74, 6) is 3.67. The Morgan fingerprint density at radius 2 is 1.86 bits per heavy atom. The molecule has 5 N–H and O–H groups in total. The summed E-state index contributed by atoms with van der Waals surface area (Å²) >= 11 is 0. The number of nitrogens with two attached hydrogens (primary N) is 1. The van der Waals surface area contributed by atoms with Crippen LogP contribution >= 0.6 is 0 Å². The summed E-state index contributed by atoms with van der Waals surface area (Å²) in [4.78, 5) is 19.1. The second-order valence-electron chi connectivity index (χ2n) is 4.24. The van der Waals surface area contributed by atoms with Gasteiger partial charge in [0.15, 0.2) is 0 Å². The molecule has 0 aliphatic carbocycles. The fraction of sp³-hybridized carbons (Fsp3) is 0.286. The van der Waals surface area contributed by atoms with E-state index in [4.69, 9.17) is 20.8 Å². The van der Waals surface area contributed by atoms with E-state index in [-0.39, 0.29) is 0 Å². The Balaban J connectivity index is 0.000000472. The minimum absolute atomic E-state index is 0.396. The van der Waals surface area contributed by atoms with E-state index >= 15 is 0 Å². The molecule has 0 saturated heterocycles. The van der Waals surface area contributed by atoms with E-state index < -0.39 is 18.0 Å². The van der Waals surface area contributed by atoms with Crippen LogP contribution < -0.4 is 10.6 Å². The SMILES string of the molecule is COc1cccc(C(O)CN(C)N)c1.O=C(O)/C=C/C(=O)O. The number of carbonyl (C=O) groups is 2. The molecular formula is C14H20N2O6. The monoisotopic (exact) mass is 312 g/mol. The molecule has 0 bridgehead atoms. The number of hydrogen-bond donors (Lipinski definition) is 4. The van der Waals surface area contributed by atoms with Gasteiger partial charge in [-0.2, -0.15) is 0 Å². The number of rotatable bonds is 6. The standard InChI is InChI=1S/C10H16N2O2.C4H4O4/c1-12(11)7-10(13)8-4-3-5-9(6-8)14-2;5-3(6)1-2-4(7)8/h3-6,10,13H,7,11H2,1-2H3;1-2H,(H,5,6)(H,7,8)/b;2-1+. The van der Waals surface area contributed by atoms with Crippen LogP contribution in [-0.4, -0.2) is 53.0 Å². The Hall–Kier alpha value is -2.42. The zero-order chi connectivity index (χ0) is 17.1. The molecule has 1 rings (SSSR count). The lowest BCUT2D eigenvalue weighted by Crippen LogP contribution is -2.30. The van der Waals surface area contributed by atoms with Gasteiger partial charge in [-0.1, -0.05) is 12.1 Å². The van der Waals surface area contributed by atoms with Crippen LogP contribution in [0.1, 0.15) is 11.7 Å². The zero-order valence-electron chi connectivity index (χ0n) is 12.3. The molecule has 0 radical (unpaired) electrons. The quantitative estimate of drug-likeness (QED) is 0.333. The van der Waals surface area contributed by atoms with Gasteiger partial charge in [-0.25, -0.2) is 14.6 Å². The average molecular weight is 312 g/mol. The summed E-state index contributed by atoms with van der Waals surface area (Å²) in [6.07, 6.45) is 0.532. The minimum atomic E-state index is -1.26. The Bertz CT molecular complexity index is 500. The van der Waals surface area contributed by atoms with Crippen LogP contribution in [0.5, 0.6) is 5.75 Å². The number of benzene rings is 1. The summed E-state index contributed by atoms with van der Waals surface area (Å²) in [6.45, 7) is 0.396. The van der Waals surface area contributed by atoms with E-state index in [1.54, 1.807) is 20.2 Å². The van der Waals surface area contributed by atoms with Crippen molar-refractivity contribution in [2.45, 2.75) is 6.10 Å². The first-order valence-electron chi connectivity index (χ1n) is 6.18. The molecule has 0 amide bonds. The van der Waals surface area contributed by atoms with Gasteiger partial charge in [0.1, 0.15) is 5.75 Å². The van der Waals surface area contributed by atoms with Crippen LogP contribution in [0, 0.1) is 0 Å². The first-order chi connectivity index (χ1) is 10.3. The number of aliphatic carboxylic acids is 2. The van der Waals surface area contributed by atoms with Crippen molar-refractivity contribution in [2.75, 3.05) is 20.7 Å². The van der Waals surface area contributed by atoms with Crippen molar-refractivity contribution in [2.24, 2.45) is 5.84 Å². The van der Waals surface area contributed by atoms with Crippen molar-refractivity contribution in [3.8, 4) is 5.75 Å². The number of likely N-dealkylation sites (N-methyl/N-ethyl adjacent to an activating group) is 1. The Morgan fingerprint density at radius 3 is 2.27 bits per heavy atom. The van der Waals surface area contributed by atoms with Gasteiger partial charge in [0.2, 0.25) is 0 Å². The zero-order valence-corrected chi connectivity index (χ0v) is 12.3. The smallest absolute Gasteiger partial charge is 0.328 e. The summed E-state index contributed by atoms with van der Waals surface area (Å²) in [5.41, 5.74) is 0.807. The molecule has 0 aliphatic rings. The Morgan fingerprint density at radius 1 is 1.32 bits per heavy atom. The van der Waals surface area contributed by atoms with Crippen LogP contribution in [0.4, 0.5) is 0 Å². The molecule has 8 nitrogen and oxygen atoms in total. The highest BCUT2D eigenvalue weighted by molar-refractivity contribution is 5.89. The molecule has 0 saturated carbocycles. The highest BCUT2D eigenvalue weighted by Crippen LogP contribution is 2.18. The number of aliphatic hydroxyl groups excluding tert-OH is 1. The van der Waals surface area contributed by atoms with Crippen molar-refractivity contribution in [1.29, 1.82) is 0 Å². The van der Waals surface area contributed by atoms with Gasteiger partial charge >= 0.3 is 11.9 Å². The molecule has 0 heterocycles. The number of carboxylic acids is 2. The summed E-state index contributed by atoms with van der Waals surface area (Å²) in [5, 5.41) is 26.8. The van der Waals surface area contributed by atoms with Gasteiger partial charge in [0, 0.05) is 25.7 Å². The van der Waals surface area contributed by atoms with E-state index in [0.717, 1.165) is 11.3 Å². The number of ether oxygens (including phenoxy) is 1. The fourth-order valence-corrected chi connectivity index (χ4v) is 1.37. The van der Waals surface area contributed by atoms with Crippen molar-refractivity contribution in [3.63, 3.8) is 0 Å². The molecule has 0 fully saturated rings. The molecule has 1 atom stereocenters. The van der Waals surface area contributed by atoms with Crippen LogP contribution in [0.2, 0.25) is 0 Å². The maximum absolute atomic E-state index is 9.73. The molecule has 8 heteroatoms. The predicted molar refractivity (Wildman–Crippen MR) is 79.2 cm³/mol. The van der Waals surface area contributed by atoms with Crippen LogP contribution in [-0.2, 0) is 9.59 Å². The largest absolute Gasteiger partial charge is 0.497 e. The third-order valence-electron chi connectivity index (χ3n) is 2.31. The Labute approximate surface area is 128 Å². The van der Waals surface area contributed by atoms with E-state index in [2.05, 4.69) is 0 Å². The lowest BCUT2D eigenvalue weighted by molar-refractivity contribution is -0.134. The van der Waals surface area contributed by atoms with Crippen molar-refractivity contribution in [3.05, 3.63) is 42.0 Å². The number of hydrogen-bond acceptors (Lipinski definition) is 6. The normalized spacial score (nSPS) is 11.7. The van der Waals surface area contributed by atoms with Crippen molar-refractivity contribution < 1.29 is 29.6 Å². The number of carboxylic acid groups (broad SMARTS) is 2. The average Bonchev–Trinajstić information content (AvgIpc) is 2.45. The van der Waals surface area contributed by atoms with Crippen LogP contribution in [0.25, 0.3) is 0 Å². The molecule has 1 unspecified atom stereocenters. The van der Waals surface area contributed by atoms with E-state index in [1.807, 2.05) is 18.2 Å². The highest BCUT2D eigenvalue weighted by atomic mass is 16.5. The van der Waals surface area contributed by atoms with E-state index in [0.29, 0.717) is 18.7 Å². The maximum Gasteiger partial charge on any atom is 0.328 e. The molecule has 0 aromatic heterocycles. The first-order valence-corrected chi connectivity index (χ1v) is 6.18. The fourth-order valence-electron chi connectivity index (χ4n) is 1.37. The van der Waals surface area contributed by atoms with Gasteiger partial charge < -0.3 is 20.1 Å². The highest BCUT2D eigenvalue weighted by Gasteiger charge is 2.09. The third-order valence-corrected chi connectivity index (χ3v) is 2.31. The molecule has 1 aromatic rings. The molecule has 1 aromatic carbocycles. The number of aliphatic hydroxyl groups is 1. The maximum atomic E-state index is 9.73. The first kappa shape index (κ1) is 19.6. The van der Waals surface area contributed by atoms with Gasteiger partial charge in [0.05, 0.1) is 13.2 Å². The van der Waals surface area contributed by atoms with Gasteiger partial charge in [0.25, 0.3) is 0 Å². The van der Waals surface area contributed by atoms with Crippen molar-refractivity contribution in [1.82, 2.24) is 5.01 Å². The summed E-state index contributed by atoms with van der Waals surface area (Å²) < 4.78 is 5.05. The van der Waals surface area contributed by atoms with Gasteiger partial charge in [-0.3, -0.25) is 5.84 Å². The van der Waals surface area contributed by atoms with E-state index in [1.165, 1.54) is 5.01 Å². The third kappa shape index (κ3) is 9.48. The number of methoxy groups -OCH3 is 1. The number of nitrogens with zero attached hydrogens (tertiary/aromatic N) is 1. The van der Waals surface area contributed by atoms with Crippen LogP contribution in [0.15, 0.2) is 36.4 Å². The number of hydrazine groups is 1. The minimum Gasteiger partial charge on any atom is -0.497 e. The summed E-state index contributed by atoms with van der Waals surface area (Å²) in [6, 6.07) is 7.32. The molecule has 0 aliphatic heterocycles. The molecule has 122 valence electrons. The molecular weight excluding hydrogens is 292 g/mol. The predicted octanol–water partition coefficient (Wildman–Crippen LogP) is 0.246. The second-order valence-corrected chi connectivity index (χ2v) is 4.24. The lowest BCUT2D eigenvalue weighted by atomic mass is 10.1.